The van der Waals surface area contributed by atoms with Crippen molar-refractivity contribution >= 4 is 28.4 Å². The molecule has 182 valence electrons. The number of carboxylic acid groups (broad SMARTS) is 1. The number of hydrogen-bond donors (Lipinski definition) is 2. The van der Waals surface area contributed by atoms with Gasteiger partial charge < -0.3 is 20.1 Å². The van der Waals surface area contributed by atoms with E-state index in [4.69, 9.17) is 9.84 Å². The van der Waals surface area contributed by atoms with Crippen LogP contribution in [-0.4, -0.2) is 53.5 Å². The predicted octanol–water partition coefficient (Wildman–Crippen LogP) is 3.97. The van der Waals surface area contributed by atoms with Crippen molar-refractivity contribution in [2.45, 2.75) is 38.5 Å². The quantitative estimate of drug-likeness (QED) is 0.432. The van der Waals surface area contributed by atoms with Gasteiger partial charge in [0.2, 0.25) is 5.91 Å². The molecule has 1 fully saturated rings. The highest BCUT2D eigenvalue weighted by Crippen LogP contribution is 2.24. The van der Waals surface area contributed by atoms with Gasteiger partial charge in [-0.3, -0.25) is 14.4 Å². The van der Waals surface area contributed by atoms with Gasteiger partial charge in [-0.05, 0) is 28.8 Å². The molecule has 7 nitrogen and oxygen atoms in total. The summed E-state index contributed by atoms with van der Waals surface area (Å²) in [5, 5.41) is 14.7. The van der Waals surface area contributed by atoms with Crippen molar-refractivity contribution in [1.29, 1.82) is 0 Å². The Kier molecular flexibility index (Phi) is 7.90. The number of ketones is 1. The number of rotatable bonds is 10. The topological polar surface area (TPSA) is 95.9 Å². The maximum Gasteiger partial charge on any atom is 0.303 e. The van der Waals surface area contributed by atoms with Gasteiger partial charge in [0.05, 0.1) is 12.5 Å². The predicted molar refractivity (Wildman–Crippen MR) is 133 cm³/mol. The molecule has 35 heavy (non-hydrogen) atoms. The summed E-state index contributed by atoms with van der Waals surface area (Å²) in [7, 11) is 0. The molecule has 0 radical (unpaired) electrons. The SMILES string of the molecule is C[C@@H](NCC1CN(Cc2ccc(C(=O)CCC(=O)O)cc2)C(=O)CO1)c1cccc2ccccc12. The number of fused-ring (bicyclic) bond motifs is 1. The second-order valence-electron chi connectivity index (χ2n) is 8.92. The van der Waals surface area contributed by atoms with Gasteiger partial charge in [-0.1, -0.05) is 66.7 Å². The zero-order chi connectivity index (χ0) is 24.8. The maximum absolute atomic E-state index is 12.4. The summed E-state index contributed by atoms with van der Waals surface area (Å²) >= 11 is 0. The van der Waals surface area contributed by atoms with E-state index in [1.807, 2.05) is 24.3 Å². The largest absolute Gasteiger partial charge is 0.481 e. The van der Waals surface area contributed by atoms with E-state index in [0.29, 0.717) is 25.2 Å². The summed E-state index contributed by atoms with van der Waals surface area (Å²) in [5.74, 6) is -1.26. The van der Waals surface area contributed by atoms with Crippen LogP contribution in [0.2, 0.25) is 0 Å². The number of Topliss-reactive ketones (excluding diaryl/α,β-unsaturated/α-hetero) is 1. The Morgan fingerprint density at radius 3 is 2.57 bits per heavy atom. The first-order chi connectivity index (χ1) is 16.9. The smallest absolute Gasteiger partial charge is 0.303 e. The highest BCUT2D eigenvalue weighted by molar-refractivity contribution is 5.97. The third-order valence-electron chi connectivity index (χ3n) is 6.38. The standard InChI is InChI=1S/C28H30N2O5/c1-19(24-8-4-6-21-5-2-3-7-25(21)24)29-15-23-17-30(27(32)18-35-23)16-20-9-11-22(12-10-20)26(31)13-14-28(33)34/h2-12,19,23,29H,13-18H2,1H3,(H,33,34)/t19-,23?/m1/s1. The van der Waals surface area contributed by atoms with Crippen molar-refractivity contribution in [2.24, 2.45) is 0 Å². The molecule has 1 aliphatic rings. The molecule has 3 aromatic carbocycles. The molecular weight excluding hydrogens is 444 g/mol. The minimum Gasteiger partial charge on any atom is -0.481 e. The number of carboxylic acids is 1. The molecule has 3 aromatic rings. The lowest BCUT2D eigenvalue weighted by molar-refractivity contribution is -0.149. The van der Waals surface area contributed by atoms with Crippen molar-refractivity contribution in [1.82, 2.24) is 10.2 Å². The lowest BCUT2D eigenvalue weighted by Crippen LogP contribution is -2.49. The van der Waals surface area contributed by atoms with Crippen LogP contribution in [0.25, 0.3) is 10.8 Å². The van der Waals surface area contributed by atoms with Crippen LogP contribution in [0, 0.1) is 0 Å². The van der Waals surface area contributed by atoms with Crippen LogP contribution in [0.3, 0.4) is 0 Å². The third kappa shape index (κ3) is 6.32. The van der Waals surface area contributed by atoms with E-state index in [2.05, 4.69) is 42.6 Å². The van der Waals surface area contributed by atoms with E-state index in [0.717, 1.165) is 5.56 Å². The zero-order valence-corrected chi connectivity index (χ0v) is 19.8. The van der Waals surface area contributed by atoms with E-state index in [9.17, 15) is 14.4 Å². The van der Waals surface area contributed by atoms with Gasteiger partial charge in [0.1, 0.15) is 6.61 Å². The van der Waals surface area contributed by atoms with Crippen LogP contribution in [0.4, 0.5) is 0 Å². The summed E-state index contributed by atoms with van der Waals surface area (Å²) in [4.78, 5) is 37.0. The molecule has 4 rings (SSSR count). The number of carbonyl (C=O) groups is 3. The molecule has 0 bridgehead atoms. The first-order valence-corrected chi connectivity index (χ1v) is 11.8. The van der Waals surface area contributed by atoms with Gasteiger partial charge in [0.25, 0.3) is 0 Å². The van der Waals surface area contributed by atoms with Crippen LogP contribution < -0.4 is 5.32 Å². The van der Waals surface area contributed by atoms with Crippen molar-refractivity contribution in [3.8, 4) is 0 Å². The first-order valence-electron chi connectivity index (χ1n) is 11.8. The summed E-state index contributed by atoms with van der Waals surface area (Å²) in [6, 6.07) is 21.8. The lowest BCUT2D eigenvalue weighted by Gasteiger charge is -2.33. The Morgan fingerprint density at radius 2 is 1.80 bits per heavy atom. The molecule has 2 atom stereocenters. The summed E-state index contributed by atoms with van der Waals surface area (Å²) in [6.07, 6.45) is -0.332. The third-order valence-corrected chi connectivity index (χ3v) is 6.38. The number of carbonyl (C=O) groups excluding carboxylic acids is 2. The molecular formula is C28H30N2O5. The summed E-state index contributed by atoms with van der Waals surface area (Å²) in [6.45, 7) is 3.70. The minimum atomic E-state index is -0.989. The van der Waals surface area contributed by atoms with Crippen molar-refractivity contribution < 1.29 is 24.2 Å². The molecule has 0 saturated carbocycles. The Labute approximate surface area is 204 Å². The van der Waals surface area contributed by atoms with Crippen LogP contribution in [-0.2, 0) is 20.9 Å². The molecule has 7 heteroatoms. The first kappa shape index (κ1) is 24.6. The Balaban J connectivity index is 1.32. The molecule has 0 spiro atoms. The Hall–Kier alpha value is -3.55. The fourth-order valence-electron chi connectivity index (χ4n) is 4.38. The number of nitrogens with zero attached hydrogens (tertiary/aromatic N) is 1. The number of nitrogens with one attached hydrogen (secondary N) is 1. The van der Waals surface area contributed by atoms with E-state index in [1.54, 1.807) is 17.0 Å². The second kappa shape index (κ2) is 11.3. The molecule has 1 heterocycles. The molecule has 1 saturated heterocycles. The number of morpholine rings is 1. The second-order valence-corrected chi connectivity index (χ2v) is 8.92. The maximum atomic E-state index is 12.4. The van der Waals surface area contributed by atoms with Gasteiger partial charge in [-0.15, -0.1) is 0 Å². The molecule has 1 aliphatic heterocycles. The van der Waals surface area contributed by atoms with Crippen molar-refractivity contribution in [3.05, 3.63) is 83.4 Å². The van der Waals surface area contributed by atoms with Crippen LogP contribution in [0.15, 0.2) is 66.7 Å². The lowest BCUT2D eigenvalue weighted by atomic mass is 9.99. The van der Waals surface area contributed by atoms with Crippen LogP contribution in [0.1, 0.15) is 47.3 Å². The number of hydrogen-bond acceptors (Lipinski definition) is 5. The molecule has 0 aliphatic carbocycles. The van der Waals surface area contributed by atoms with Gasteiger partial charge in [0, 0.05) is 37.7 Å². The van der Waals surface area contributed by atoms with E-state index >= 15 is 0 Å². The number of aliphatic carboxylic acids is 1. The van der Waals surface area contributed by atoms with Crippen LogP contribution in [0.5, 0.6) is 0 Å². The summed E-state index contributed by atoms with van der Waals surface area (Å²) < 4.78 is 5.78. The Bertz CT molecular complexity index is 1200. The van der Waals surface area contributed by atoms with Gasteiger partial charge in [-0.25, -0.2) is 0 Å². The Morgan fingerprint density at radius 1 is 1.06 bits per heavy atom. The average molecular weight is 475 g/mol. The number of benzene rings is 3. The van der Waals surface area contributed by atoms with E-state index in [-0.39, 0.29) is 43.3 Å². The van der Waals surface area contributed by atoms with Crippen LogP contribution >= 0.6 is 0 Å². The molecule has 2 N–H and O–H groups in total. The normalized spacial score (nSPS) is 16.9. The summed E-state index contributed by atoms with van der Waals surface area (Å²) in [5.41, 5.74) is 2.61. The van der Waals surface area contributed by atoms with Crippen molar-refractivity contribution in [3.63, 3.8) is 0 Å². The molecule has 0 aromatic heterocycles. The number of amides is 1. The minimum absolute atomic E-state index is 0.0253. The van der Waals surface area contributed by atoms with Gasteiger partial charge in [-0.2, -0.15) is 0 Å². The van der Waals surface area contributed by atoms with E-state index < -0.39 is 5.97 Å². The molecule has 1 amide bonds. The highest BCUT2D eigenvalue weighted by Gasteiger charge is 2.26. The fraction of sp³-hybridized carbons (Fsp3) is 0.321. The van der Waals surface area contributed by atoms with Gasteiger partial charge >= 0.3 is 5.97 Å². The highest BCUT2D eigenvalue weighted by atomic mass is 16.5. The monoisotopic (exact) mass is 474 g/mol. The average Bonchev–Trinajstić information content (AvgIpc) is 2.87. The van der Waals surface area contributed by atoms with Crippen molar-refractivity contribution in [2.75, 3.05) is 19.7 Å². The molecule has 1 unspecified atom stereocenters. The number of ether oxygens (including phenoxy) is 1. The fourth-order valence-corrected chi connectivity index (χ4v) is 4.38. The van der Waals surface area contributed by atoms with E-state index in [1.165, 1.54) is 16.3 Å². The van der Waals surface area contributed by atoms with Gasteiger partial charge in [0.15, 0.2) is 5.78 Å². The zero-order valence-electron chi connectivity index (χ0n) is 19.8.